The Morgan fingerprint density at radius 2 is 1.96 bits per heavy atom. The molecule has 7 heteroatoms. The molecule has 0 radical (unpaired) electrons. The third kappa shape index (κ3) is 4.60. The lowest BCUT2D eigenvalue weighted by molar-refractivity contribution is -0.123. The molecule has 3 rings (SSSR count). The second kappa shape index (κ2) is 8.73. The van der Waals surface area contributed by atoms with Gasteiger partial charge < -0.3 is 13.9 Å². The Morgan fingerprint density at radius 3 is 2.68 bits per heavy atom. The lowest BCUT2D eigenvalue weighted by atomic mass is 9.93. The highest BCUT2D eigenvalue weighted by molar-refractivity contribution is 6.06. The van der Waals surface area contributed by atoms with E-state index in [0.29, 0.717) is 29.2 Å². The molecule has 0 atom stereocenters. The van der Waals surface area contributed by atoms with Crippen molar-refractivity contribution in [1.29, 1.82) is 0 Å². The molecular weight excluding hydrogens is 360 g/mol. The third-order valence-electron chi connectivity index (χ3n) is 4.28. The van der Waals surface area contributed by atoms with Crippen LogP contribution in [-0.4, -0.2) is 30.3 Å². The summed E-state index contributed by atoms with van der Waals surface area (Å²) in [7, 11) is 0. The Balaban J connectivity index is 1.70. The summed E-state index contributed by atoms with van der Waals surface area (Å²) >= 11 is 0. The van der Waals surface area contributed by atoms with Gasteiger partial charge in [0.1, 0.15) is 11.5 Å². The van der Waals surface area contributed by atoms with E-state index < -0.39 is 5.97 Å². The Morgan fingerprint density at radius 1 is 1.21 bits per heavy atom. The molecule has 0 saturated carbocycles. The molecular formula is C21H24N2O5. The fourth-order valence-corrected chi connectivity index (χ4v) is 3.07. The predicted molar refractivity (Wildman–Crippen MR) is 104 cm³/mol. The molecule has 2 aromatic rings. The Hall–Kier alpha value is -3.09. The maximum atomic E-state index is 12.2. The van der Waals surface area contributed by atoms with Crippen molar-refractivity contribution >= 4 is 17.6 Å². The molecule has 0 unspecified atom stereocenters. The third-order valence-corrected chi connectivity index (χ3v) is 4.28. The van der Waals surface area contributed by atoms with E-state index in [0.717, 1.165) is 18.4 Å². The zero-order valence-corrected chi connectivity index (χ0v) is 16.3. The average Bonchev–Trinajstić information content (AvgIpc) is 3.02. The van der Waals surface area contributed by atoms with E-state index in [9.17, 15) is 9.59 Å². The van der Waals surface area contributed by atoms with E-state index in [4.69, 9.17) is 13.9 Å². The number of nitrogens with zero attached hydrogens (tertiary/aromatic N) is 1. The lowest BCUT2D eigenvalue weighted by Gasteiger charge is -2.13. The van der Waals surface area contributed by atoms with Gasteiger partial charge in [-0.3, -0.25) is 4.79 Å². The van der Waals surface area contributed by atoms with Gasteiger partial charge in [0.05, 0.1) is 11.8 Å². The SMILES string of the molecule is Cc1c(C(=O)OC(C)C)oc2c1/C(=N/NC(=O)COc1ccccc1)CCC2. The van der Waals surface area contributed by atoms with Gasteiger partial charge in [-0.25, -0.2) is 10.2 Å². The van der Waals surface area contributed by atoms with E-state index in [2.05, 4.69) is 10.5 Å². The van der Waals surface area contributed by atoms with Gasteiger partial charge in [-0.05, 0) is 45.7 Å². The number of furan rings is 1. The van der Waals surface area contributed by atoms with Crippen molar-refractivity contribution in [2.75, 3.05) is 6.61 Å². The highest BCUT2D eigenvalue weighted by Crippen LogP contribution is 2.30. The number of nitrogens with one attached hydrogen (secondary N) is 1. The van der Waals surface area contributed by atoms with Crippen molar-refractivity contribution in [1.82, 2.24) is 5.43 Å². The molecule has 1 heterocycles. The van der Waals surface area contributed by atoms with Gasteiger partial charge in [0.25, 0.3) is 5.91 Å². The number of fused-ring (bicyclic) bond motifs is 1. The quantitative estimate of drug-likeness (QED) is 0.609. The minimum absolute atomic E-state index is 0.135. The highest BCUT2D eigenvalue weighted by atomic mass is 16.6. The molecule has 1 aromatic heterocycles. The summed E-state index contributed by atoms with van der Waals surface area (Å²) in [4.78, 5) is 24.3. The standard InChI is InChI=1S/C21H24N2O5/c1-13(2)27-21(25)20-14(3)19-16(10-7-11-17(19)28-20)22-23-18(24)12-26-15-8-5-4-6-9-15/h4-6,8-9,13H,7,10-12H2,1-3H3,(H,23,24)/b22-16+. The molecule has 1 amide bonds. The second-order valence-electron chi connectivity index (χ2n) is 6.86. The fourth-order valence-electron chi connectivity index (χ4n) is 3.07. The van der Waals surface area contributed by atoms with Crippen LogP contribution in [-0.2, 0) is 16.0 Å². The Bertz CT molecular complexity index is 884. The maximum Gasteiger partial charge on any atom is 0.374 e. The van der Waals surface area contributed by atoms with E-state index in [1.807, 2.05) is 18.2 Å². The number of hydrogen-bond donors (Lipinski definition) is 1. The Kier molecular flexibility index (Phi) is 6.13. The van der Waals surface area contributed by atoms with Crippen LogP contribution in [0.25, 0.3) is 0 Å². The molecule has 0 saturated heterocycles. The number of para-hydroxylation sites is 1. The number of esters is 1. The summed E-state index contributed by atoms with van der Waals surface area (Å²) in [6.07, 6.45) is 2.00. The van der Waals surface area contributed by atoms with E-state index >= 15 is 0 Å². The number of amides is 1. The van der Waals surface area contributed by atoms with Crippen LogP contribution in [0.4, 0.5) is 0 Å². The van der Waals surface area contributed by atoms with Crippen LogP contribution < -0.4 is 10.2 Å². The first kappa shape index (κ1) is 19.7. The fraction of sp³-hybridized carbons (Fsp3) is 0.381. The van der Waals surface area contributed by atoms with Gasteiger partial charge in [0.2, 0.25) is 5.76 Å². The summed E-state index contributed by atoms with van der Waals surface area (Å²) in [5.74, 6) is 0.676. The van der Waals surface area contributed by atoms with Crippen molar-refractivity contribution in [2.24, 2.45) is 5.10 Å². The van der Waals surface area contributed by atoms with Crippen LogP contribution in [0.3, 0.4) is 0 Å². The number of carbonyl (C=O) groups is 2. The number of ether oxygens (including phenoxy) is 2. The van der Waals surface area contributed by atoms with Gasteiger partial charge >= 0.3 is 5.97 Å². The monoisotopic (exact) mass is 384 g/mol. The van der Waals surface area contributed by atoms with Crippen LogP contribution in [0.15, 0.2) is 39.9 Å². The van der Waals surface area contributed by atoms with Gasteiger partial charge in [0.15, 0.2) is 6.61 Å². The average molecular weight is 384 g/mol. The number of hydrazone groups is 1. The summed E-state index contributed by atoms with van der Waals surface area (Å²) < 4.78 is 16.4. The van der Waals surface area contributed by atoms with E-state index in [1.54, 1.807) is 32.9 Å². The van der Waals surface area contributed by atoms with Crippen LogP contribution in [0.2, 0.25) is 0 Å². The molecule has 1 N–H and O–H groups in total. The zero-order valence-electron chi connectivity index (χ0n) is 16.3. The summed E-state index contributed by atoms with van der Waals surface area (Å²) in [5, 5.41) is 4.26. The van der Waals surface area contributed by atoms with Crippen molar-refractivity contribution in [2.45, 2.75) is 46.1 Å². The number of hydrogen-bond acceptors (Lipinski definition) is 6. The number of carbonyl (C=O) groups excluding carboxylic acids is 2. The zero-order chi connectivity index (χ0) is 20.1. The van der Waals surface area contributed by atoms with Crippen LogP contribution in [0, 0.1) is 6.92 Å². The summed E-state index contributed by atoms with van der Waals surface area (Å²) in [5.41, 5.74) is 4.69. The molecule has 1 aromatic carbocycles. The number of rotatable bonds is 6. The van der Waals surface area contributed by atoms with E-state index in [1.165, 1.54) is 0 Å². The molecule has 0 bridgehead atoms. The van der Waals surface area contributed by atoms with Gasteiger partial charge in [-0.2, -0.15) is 5.10 Å². The first-order valence-corrected chi connectivity index (χ1v) is 9.32. The number of benzene rings is 1. The highest BCUT2D eigenvalue weighted by Gasteiger charge is 2.29. The topological polar surface area (TPSA) is 90.1 Å². The lowest BCUT2D eigenvalue weighted by Crippen LogP contribution is -2.27. The molecule has 7 nitrogen and oxygen atoms in total. The molecule has 0 spiro atoms. The van der Waals surface area contributed by atoms with Gasteiger partial charge in [-0.1, -0.05) is 18.2 Å². The number of aryl methyl sites for hydroxylation is 1. The molecule has 1 aliphatic rings. The van der Waals surface area contributed by atoms with E-state index in [-0.39, 0.29) is 24.4 Å². The summed E-state index contributed by atoms with van der Waals surface area (Å²) in [6, 6.07) is 9.09. The predicted octanol–water partition coefficient (Wildman–Crippen LogP) is 3.39. The molecule has 1 aliphatic carbocycles. The van der Waals surface area contributed by atoms with Crippen molar-refractivity contribution < 1.29 is 23.5 Å². The first-order valence-electron chi connectivity index (χ1n) is 9.32. The van der Waals surface area contributed by atoms with Crippen LogP contribution in [0.1, 0.15) is 54.1 Å². The van der Waals surface area contributed by atoms with Gasteiger partial charge in [0, 0.05) is 17.5 Å². The Labute approximate surface area is 163 Å². The molecule has 28 heavy (non-hydrogen) atoms. The van der Waals surface area contributed by atoms with Gasteiger partial charge in [-0.15, -0.1) is 0 Å². The second-order valence-corrected chi connectivity index (χ2v) is 6.86. The van der Waals surface area contributed by atoms with Crippen molar-refractivity contribution in [3.05, 3.63) is 53.0 Å². The molecule has 0 aliphatic heterocycles. The molecule has 148 valence electrons. The summed E-state index contributed by atoms with van der Waals surface area (Å²) in [6.45, 7) is 5.25. The minimum Gasteiger partial charge on any atom is -0.484 e. The maximum absolute atomic E-state index is 12.2. The van der Waals surface area contributed by atoms with Crippen molar-refractivity contribution in [3.8, 4) is 5.75 Å². The normalized spacial score (nSPS) is 14.6. The first-order chi connectivity index (χ1) is 13.5. The largest absolute Gasteiger partial charge is 0.484 e. The minimum atomic E-state index is -0.485. The van der Waals surface area contributed by atoms with Crippen LogP contribution >= 0.6 is 0 Å². The van der Waals surface area contributed by atoms with Crippen LogP contribution in [0.5, 0.6) is 5.75 Å². The smallest absolute Gasteiger partial charge is 0.374 e. The van der Waals surface area contributed by atoms with Crippen molar-refractivity contribution in [3.63, 3.8) is 0 Å². The molecule has 0 fully saturated rings.